The van der Waals surface area contributed by atoms with Gasteiger partial charge in [-0.3, -0.25) is 9.59 Å². The first-order valence-electron chi connectivity index (χ1n) is 11.4. The molecule has 6 nitrogen and oxygen atoms in total. The maximum atomic E-state index is 13.1. The van der Waals surface area contributed by atoms with Crippen LogP contribution in [0.5, 0.6) is 11.5 Å². The predicted octanol–water partition coefficient (Wildman–Crippen LogP) is 4.11. The molecule has 2 aromatic rings. The van der Waals surface area contributed by atoms with Gasteiger partial charge in [0.15, 0.2) is 6.61 Å². The fourth-order valence-electron chi connectivity index (χ4n) is 3.95. The minimum absolute atomic E-state index is 0.119. The number of hydrogen-bond acceptors (Lipinski definition) is 4. The molecule has 1 atom stereocenters. The Labute approximate surface area is 190 Å². The summed E-state index contributed by atoms with van der Waals surface area (Å²) in [5.74, 6) is 1.04. The van der Waals surface area contributed by atoms with Crippen LogP contribution in [0, 0.1) is 0 Å². The third kappa shape index (κ3) is 6.49. The van der Waals surface area contributed by atoms with Gasteiger partial charge in [0, 0.05) is 12.6 Å². The Hall–Kier alpha value is -3.02. The standard InChI is InChI=1S/C26H34N2O4/c1-4-20-9-15-24(16-10-20)32-18-25(29)28(17-21-11-13-23(31-3)14-12-21)19(2)26(30)27-22-7-5-6-8-22/h9-16,19,22H,4-8,17-18H2,1-3H3,(H,27,30)/t19-/m0/s1. The van der Waals surface area contributed by atoms with Crippen molar-refractivity contribution in [2.75, 3.05) is 13.7 Å². The molecule has 3 rings (SSSR count). The molecule has 0 spiro atoms. The number of carbonyl (C=O) groups is 2. The van der Waals surface area contributed by atoms with Crippen molar-refractivity contribution < 1.29 is 19.1 Å². The van der Waals surface area contributed by atoms with E-state index >= 15 is 0 Å². The van der Waals surface area contributed by atoms with Gasteiger partial charge < -0.3 is 19.7 Å². The molecule has 32 heavy (non-hydrogen) atoms. The number of methoxy groups -OCH3 is 1. The van der Waals surface area contributed by atoms with Gasteiger partial charge in [0.05, 0.1) is 7.11 Å². The molecule has 0 radical (unpaired) electrons. The topological polar surface area (TPSA) is 67.9 Å². The van der Waals surface area contributed by atoms with Crippen LogP contribution in [0.1, 0.15) is 50.7 Å². The predicted molar refractivity (Wildman–Crippen MR) is 125 cm³/mol. The summed E-state index contributed by atoms with van der Waals surface area (Å²) in [5, 5.41) is 3.11. The molecular formula is C26H34N2O4. The first-order chi connectivity index (χ1) is 15.5. The summed E-state index contributed by atoms with van der Waals surface area (Å²) < 4.78 is 11.0. The van der Waals surface area contributed by atoms with Crippen molar-refractivity contribution in [3.8, 4) is 11.5 Å². The fourth-order valence-corrected chi connectivity index (χ4v) is 3.95. The summed E-state index contributed by atoms with van der Waals surface area (Å²) in [6.45, 7) is 4.07. The second-order valence-corrected chi connectivity index (χ2v) is 8.32. The van der Waals surface area contributed by atoms with Crippen LogP contribution in [0.15, 0.2) is 48.5 Å². The van der Waals surface area contributed by atoms with Crippen LogP contribution >= 0.6 is 0 Å². The molecule has 0 saturated heterocycles. The molecule has 2 amide bonds. The Morgan fingerprint density at radius 3 is 2.19 bits per heavy atom. The average Bonchev–Trinajstić information content (AvgIpc) is 3.34. The number of hydrogen-bond donors (Lipinski definition) is 1. The van der Waals surface area contributed by atoms with Crippen molar-refractivity contribution in [1.82, 2.24) is 10.2 Å². The van der Waals surface area contributed by atoms with Crippen molar-refractivity contribution >= 4 is 11.8 Å². The maximum Gasteiger partial charge on any atom is 0.261 e. The second kappa shape index (κ2) is 11.6. The highest BCUT2D eigenvalue weighted by atomic mass is 16.5. The number of aryl methyl sites for hydroxylation is 1. The SMILES string of the molecule is CCc1ccc(OCC(=O)N(Cc2ccc(OC)cc2)[C@@H](C)C(=O)NC2CCCC2)cc1. The number of nitrogens with one attached hydrogen (secondary N) is 1. The van der Waals surface area contributed by atoms with E-state index in [0.717, 1.165) is 43.4 Å². The van der Waals surface area contributed by atoms with Gasteiger partial charge in [-0.15, -0.1) is 0 Å². The Balaban J connectivity index is 1.69. The number of amides is 2. The third-order valence-electron chi connectivity index (χ3n) is 6.07. The van der Waals surface area contributed by atoms with Gasteiger partial charge in [-0.05, 0) is 61.6 Å². The molecule has 1 N–H and O–H groups in total. The molecule has 1 aliphatic carbocycles. The summed E-state index contributed by atoms with van der Waals surface area (Å²) in [6, 6.07) is 14.9. The normalized spacial score (nSPS) is 14.6. The van der Waals surface area contributed by atoms with Gasteiger partial charge in [-0.1, -0.05) is 44.0 Å². The van der Waals surface area contributed by atoms with Gasteiger partial charge in [0.1, 0.15) is 17.5 Å². The molecule has 0 heterocycles. The zero-order valence-corrected chi connectivity index (χ0v) is 19.3. The Bertz CT molecular complexity index is 874. The van der Waals surface area contributed by atoms with E-state index in [-0.39, 0.29) is 24.5 Å². The van der Waals surface area contributed by atoms with E-state index in [1.165, 1.54) is 5.56 Å². The number of benzene rings is 2. The number of rotatable bonds is 10. The lowest BCUT2D eigenvalue weighted by Crippen LogP contribution is -2.50. The highest BCUT2D eigenvalue weighted by Gasteiger charge is 2.28. The van der Waals surface area contributed by atoms with Gasteiger partial charge in [-0.2, -0.15) is 0 Å². The fraction of sp³-hybridized carbons (Fsp3) is 0.462. The summed E-state index contributed by atoms with van der Waals surface area (Å²) in [6.07, 6.45) is 5.23. The highest BCUT2D eigenvalue weighted by Crippen LogP contribution is 2.19. The molecule has 0 unspecified atom stereocenters. The zero-order valence-electron chi connectivity index (χ0n) is 19.3. The molecule has 1 fully saturated rings. The van der Waals surface area contributed by atoms with E-state index in [4.69, 9.17) is 9.47 Å². The summed E-state index contributed by atoms with van der Waals surface area (Å²) in [4.78, 5) is 27.7. The van der Waals surface area contributed by atoms with Gasteiger partial charge in [0.25, 0.3) is 5.91 Å². The van der Waals surface area contributed by atoms with Crippen LogP contribution in [0.3, 0.4) is 0 Å². The Kier molecular flexibility index (Phi) is 8.54. The van der Waals surface area contributed by atoms with E-state index in [1.54, 1.807) is 18.9 Å². The van der Waals surface area contributed by atoms with E-state index in [2.05, 4.69) is 12.2 Å². The lowest BCUT2D eigenvalue weighted by atomic mass is 10.1. The molecule has 0 bridgehead atoms. The Morgan fingerprint density at radius 1 is 1.00 bits per heavy atom. The van der Waals surface area contributed by atoms with E-state index in [0.29, 0.717) is 12.3 Å². The highest BCUT2D eigenvalue weighted by molar-refractivity contribution is 5.88. The van der Waals surface area contributed by atoms with Crippen LogP contribution in [0.2, 0.25) is 0 Å². The first kappa shape index (κ1) is 23.6. The summed E-state index contributed by atoms with van der Waals surface area (Å²) in [5.41, 5.74) is 2.13. The third-order valence-corrected chi connectivity index (χ3v) is 6.07. The smallest absolute Gasteiger partial charge is 0.261 e. The molecule has 0 aliphatic heterocycles. The molecule has 6 heteroatoms. The lowest BCUT2D eigenvalue weighted by molar-refractivity contribution is -0.142. The van der Waals surface area contributed by atoms with Gasteiger partial charge in [0.2, 0.25) is 5.91 Å². The van der Waals surface area contributed by atoms with E-state index in [9.17, 15) is 9.59 Å². The van der Waals surface area contributed by atoms with Crippen molar-refractivity contribution in [3.63, 3.8) is 0 Å². The van der Waals surface area contributed by atoms with Gasteiger partial charge >= 0.3 is 0 Å². The number of ether oxygens (including phenoxy) is 2. The van der Waals surface area contributed by atoms with Crippen molar-refractivity contribution in [2.24, 2.45) is 0 Å². The second-order valence-electron chi connectivity index (χ2n) is 8.32. The Morgan fingerprint density at radius 2 is 1.59 bits per heavy atom. The van der Waals surface area contributed by atoms with E-state index < -0.39 is 6.04 Å². The van der Waals surface area contributed by atoms with Crippen LogP contribution in [0.25, 0.3) is 0 Å². The molecule has 1 aliphatic rings. The monoisotopic (exact) mass is 438 g/mol. The first-order valence-corrected chi connectivity index (χ1v) is 11.4. The van der Waals surface area contributed by atoms with Crippen molar-refractivity contribution in [3.05, 3.63) is 59.7 Å². The minimum Gasteiger partial charge on any atom is -0.497 e. The lowest BCUT2D eigenvalue weighted by Gasteiger charge is -2.29. The molecule has 0 aromatic heterocycles. The largest absolute Gasteiger partial charge is 0.497 e. The van der Waals surface area contributed by atoms with Crippen LogP contribution in [-0.2, 0) is 22.6 Å². The van der Waals surface area contributed by atoms with Crippen LogP contribution in [0.4, 0.5) is 0 Å². The summed E-state index contributed by atoms with van der Waals surface area (Å²) in [7, 11) is 1.62. The van der Waals surface area contributed by atoms with E-state index in [1.807, 2.05) is 48.5 Å². The number of carbonyl (C=O) groups excluding carboxylic acids is 2. The molecule has 172 valence electrons. The molecular weight excluding hydrogens is 404 g/mol. The number of nitrogens with zero attached hydrogens (tertiary/aromatic N) is 1. The van der Waals surface area contributed by atoms with Crippen molar-refractivity contribution in [1.29, 1.82) is 0 Å². The van der Waals surface area contributed by atoms with Crippen LogP contribution in [-0.4, -0.2) is 42.5 Å². The summed E-state index contributed by atoms with van der Waals surface area (Å²) >= 11 is 0. The maximum absolute atomic E-state index is 13.1. The molecule has 2 aromatic carbocycles. The van der Waals surface area contributed by atoms with Crippen LogP contribution < -0.4 is 14.8 Å². The molecule has 1 saturated carbocycles. The van der Waals surface area contributed by atoms with Crippen molar-refractivity contribution in [2.45, 2.75) is 64.6 Å². The average molecular weight is 439 g/mol. The minimum atomic E-state index is -0.601. The van der Waals surface area contributed by atoms with Gasteiger partial charge in [-0.25, -0.2) is 0 Å². The zero-order chi connectivity index (χ0) is 22.9. The quantitative estimate of drug-likeness (QED) is 0.606.